The molecule has 1 amide bonds. The van der Waals surface area contributed by atoms with Crippen LogP contribution in [0.25, 0.3) is 0 Å². The quantitative estimate of drug-likeness (QED) is 0.923. The van der Waals surface area contributed by atoms with Gasteiger partial charge in [-0.05, 0) is 30.9 Å². The topological polar surface area (TPSA) is 58.2 Å². The number of nitrogens with zero attached hydrogens (tertiary/aromatic N) is 2. The Kier molecular flexibility index (Phi) is 3.58. The van der Waals surface area contributed by atoms with Crippen molar-refractivity contribution in [2.75, 3.05) is 19.8 Å². The predicted molar refractivity (Wildman–Crippen MR) is 77.0 cm³/mol. The van der Waals surface area contributed by atoms with Crippen molar-refractivity contribution in [1.82, 2.24) is 14.9 Å². The standard InChI is InChI=1S/C14H17N3O2S/c1-9-5-12(20-8-9)14(18)17-3-4-19-7-11(17)13-15-6-10(2)16-13/h5-6,8,11H,3-4,7H2,1-2H3,(H,15,16)/t11-/m1/s1. The molecular weight excluding hydrogens is 274 g/mol. The van der Waals surface area contributed by atoms with Crippen LogP contribution in [0, 0.1) is 13.8 Å². The largest absolute Gasteiger partial charge is 0.377 e. The fraction of sp³-hybridized carbons (Fsp3) is 0.429. The first-order valence-electron chi connectivity index (χ1n) is 6.60. The third-order valence-corrected chi connectivity index (χ3v) is 4.40. The number of rotatable bonds is 2. The Morgan fingerprint density at radius 3 is 3.05 bits per heavy atom. The Balaban J connectivity index is 1.87. The zero-order valence-electron chi connectivity index (χ0n) is 11.5. The van der Waals surface area contributed by atoms with Gasteiger partial charge in [-0.25, -0.2) is 4.98 Å². The molecule has 5 nitrogen and oxygen atoms in total. The Morgan fingerprint density at radius 2 is 2.40 bits per heavy atom. The summed E-state index contributed by atoms with van der Waals surface area (Å²) in [5.74, 6) is 0.856. The number of thiophene rings is 1. The van der Waals surface area contributed by atoms with E-state index in [1.54, 1.807) is 6.20 Å². The maximum atomic E-state index is 12.6. The van der Waals surface area contributed by atoms with Crippen LogP contribution in [0.2, 0.25) is 0 Å². The number of imidazole rings is 1. The number of hydrogen-bond acceptors (Lipinski definition) is 4. The molecule has 0 aliphatic carbocycles. The van der Waals surface area contributed by atoms with Crippen LogP contribution in [-0.4, -0.2) is 40.5 Å². The van der Waals surface area contributed by atoms with E-state index in [1.165, 1.54) is 11.3 Å². The van der Waals surface area contributed by atoms with Gasteiger partial charge in [0.1, 0.15) is 11.9 Å². The van der Waals surface area contributed by atoms with E-state index >= 15 is 0 Å². The number of nitrogens with one attached hydrogen (secondary N) is 1. The van der Waals surface area contributed by atoms with E-state index in [2.05, 4.69) is 9.97 Å². The van der Waals surface area contributed by atoms with Crippen molar-refractivity contribution in [3.63, 3.8) is 0 Å². The number of carbonyl (C=O) groups excluding carboxylic acids is 1. The molecule has 1 fully saturated rings. The van der Waals surface area contributed by atoms with E-state index in [0.717, 1.165) is 22.0 Å². The Labute approximate surface area is 121 Å². The first-order valence-corrected chi connectivity index (χ1v) is 7.48. The number of hydrogen-bond donors (Lipinski definition) is 1. The van der Waals surface area contributed by atoms with Crippen LogP contribution in [0.1, 0.15) is 32.8 Å². The van der Waals surface area contributed by atoms with Gasteiger partial charge in [0.25, 0.3) is 5.91 Å². The number of carbonyl (C=O) groups is 1. The Morgan fingerprint density at radius 1 is 1.55 bits per heavy atom. The lowest BCUT2D eigenvalue weighted by Gasteiger charge is -2.34. The molecule has 1 N–H and O–H groups in total. The summed E-state index contributed by atoms with van der Waals surface area (Å²) in [6, 6.07) is 1.81. The summed E-state index contributed by atoms with van der Waals surface area (Å²) in [4.78, 5) is 22.8. The van der Waals surface area contributed by atoms with Crippen LogP contribution >= 0.6 is 11.3 Å². The predicted octanol–water partition coefficient (Wildman–Crippen LogP) is 2.30. The number of aromatic amines is 1. The number of morpholine rings is 1. The minimum atomic E-state index is -0.132. The van der Waals surface area contributed by atoms with Gasteiger partial charge < -0.3 is 14.6 Å². The molecule has 1 atom stereocenters. The molecule has 2 aromatic rings. The number of amides is 1. The number of ether oxygens (including phenoxy) is 1. The maximum Gasteiger partial charge on any atom is 0.264 e. The highest BCUT2D eigenvalue weighted by atomic mass is 32.1. The van der Waals surface area contributed by atoms with Gasteiger partial charge in [0.2, 0.25) is 0 Å². The molecule has 6 heteroatoms. The second-order valence-electron chi connectivity index (χ2n) is 5.03. The zero-order valence-corrected chi connectivity index (χ0v) is 12.4. The van der Waals surface area contributed by atoms with E-state index in [1.807, 2.05) is 30.2 Å². The number of aromatic nitrogens is 2. The summed E-state index contributed by atoms with van der Waals surface area (Å²) in [6.45, 7) is 5.62. The van der Waals surface area contributed by atoms with Gasteiger partial charge >= 0.3 is 0 Å². The average molecular weight is 291 g/mol. The smallest absolute Gasteiger partial charge is 0.264 e. The van der Waals surface area contributed by atoms with Gasteiger partial charge in [-0.1, -0.05) is 0 Å². The van der Waals surface area contributed by atoms with Crippen LogP contribution in [-0.2, 0) is 4.74 Å². The maximum absolute atomic E-state index is 12.6. The highest BCUT2D eigenvalue weighted by molar-refractivity contribution is 7.12. The first kappa shape index (κ1) is 13.3. The molecule has 0 unspecified atom stereocenters. The molecule has 2 aromatic heterocycles. The van der Waals surface area contributed by atoms with E-state index < -0.39 is 0 Å². The summed E-state index contributed by atoms with van der Waals surface area (Å²) in [5.41, 5.74) is 2.11. The summed E-state index contributed by atoms with van der Waals surface area (Å²) in [6.07, 6.45) is 1.78. The summed E-state index contributed by atoms with van der Waals surface area (Å²) < 4.78 is 5.52. The van der Waals surface area contributed by atoms with Gasteiger partial charge in [-0.15, -0.1) is 11.3 Å². The van der Waals surface area contributed by atoms with Crippen molar-refractivity contribution in [2.24, 2.45) is 0 Å². The van der Waals surface area contributed by atoms with E-state index in [4.69, 9.17) is 4.74 Å². The van der Waals surface area contributed by atoms with Crippen LogP contribution in [0.3, 0.4) is 0 Å². The average Bonchev–Trinajstić information content (AvgIpc) is 3.07. The molecule has 1 saturated heterocycles. The summed E-state index contributed by atoms with van der Waals surface area (Å²) >= 11 is 1.49. The summed E-state index contributed by atoms with van der Waals surface area (Å²) in [5, 5.41) is 2.00. The zero-order chi connectivity index (χ0) is 14.1. The van der Waals surface area contributed by atoms with Crippen LogP contribution in [0.4, 0.5) is 0 Å². The van der Waals surface area contributed by atoms with Crippen LogP contribution < -0.4 is 0 Å². The molecule has 1 aliphatic heterocycles. The van der Waals surface area contributed by atoms with Crippen molar-refractivity contribution in [3.05, 3.63) is 39.6 Å². The molecule has 0 aromatic carbocycles. The lowest BCUT2D eigenvalue weighted by Crippen LogP contribution is -2.43. The van der Waals surface area contributed by atoms with Crippen molar-refractivity contribution in [2.45, 2.75) is 19.9 Å². The SMILES string of the molecule is Cc1csc(C(=O)N2CCOC[C@@H]2c2ncc(C)[nH]2)c1. The van der Waals surface area contributed by atoms with Crippen molar-refractivity contribution in [3.8, 4) is 0 Å². The fourth-order valence-electron chi connectivity index (χ4n) is 2.36. The molecule has 0 radical (unpaired) electrons. The fourth-order valence-corrected chi connectivity index (χ4v) is 3.21. The monoisotopic (exact) mass is 291 g/mol. The molecule has 3 heterocycles. The molecule has 3 rings (SSSR count). The van der Waals surface area contributed by atoms with Crippen LogP contribution in [0.5, 0.6) is 0 Å². The lowest BCUT2D eigenvalue weighted by atomic mass is 10.2. The van der Waals surface area contributed by atoms with Gasteiger partial charge in [0.05, 0.1) is 18.1 Å². The minimum absolute atomic E-state index is 0.0606. The molecule has 0 bridgehead atoms. The molecule has 20 heavy (non-hydrogen) atoms. The second-order valence-corrected chi connectivity index (χ2v) is 5.94. The van der Waals surface area contributed by atoms with Gasteiger partial charge in [0.15, 0.2) is 0 Å². The third kappa shape index (κ3) is 2.48. The van der Waals surface area contributed by atoms with Crippen LogP contribution in [0.15, 0.2) is 17.6 Å². The molecular formula is C14H17N3O2S. The normalized spacial score (nSPS) is 19.3. The second kappa shape index (κ2) is 5.38. The van der Waals surface area contributed by atoms with E-state index in [9.17, 15) is 4.79 Å². The molecule has 0 spiro atoms. The number of aryl methyl sites for hydroxylation is 2. The van der Waals surface area contributed by atoms with E-state index in [0.29, 0.717) is 19.8 Å². The van der Waals surface area contributed by atoms with Gasteiger partial charge in [0, 0.05) is 18.4 Å². The van der Waals surface area contributed by atoms with Gasteiger partial charge in [-0.3, -0.25) is 4.79 Å². The van der Waals surface area contributed by atoms with E-state index in [-0.39, 0.29) is 11.9 Å². The molecule has 106 valence electrons. The van der Waals surface area contributed by atoms with Crippen molar-refractivity contribution >= 4 is 17.2 Å². The first-order chi connectivity index (χ1) is 9.65. The van der Waals surface area contributed by atoms with Gasteiger partial charge in [-0.2, -0.15) is 0 Å². The number of H-pyrrole nitrogens is 1. The highest BCUT2D eigenvalue weighted by Gasteiger charge is 2.31. The Bertz CT molecular complexity index is 619. The molecule has 0 saturated carbocycles. The lowest BCUT2D eigenvalue weighted by molar-refractivity contribution is -0.00475. The minimum Gasteiger partial charge on any atom is -0.377 e. The highest BCUT2D eigenvalue weighted by Crippen LogP contribution is 2.26. The Hall–Kier alpha value is -1.66. The summed E-state index contributed by atoms with van der Waals surface area (Å²) in [7, 11) is 0. The van der Waals surface area contributed by atoms with Crippen molar-refractivity contribution < 1.29 is 9.53 Å². The third-order valence-electron chi connectivity index (χ3n) is 3.37. The van der Waals surface area contributed by atoms with Crippen molar-refractivity contribution in [1.29, 1.82) is 0 Å². The molecule has 1 aliphatic rings.